The van der Waals surface area contributed by atoms with Crippen molar-refractivity contribution in [2.45, 2.75) is 0 Å². The van der Waals surface area contributed by atoms with E-state index in [2.05, 4.69) is 27.6 Å². The Morgan fingerprint density at radius 3 is 2.55 bits per heavy atom. The van der Waals surface area contributed by atoms with Crippen molar-refractivity contribution in [3.05, 3.63) is 56.3 Å². The van der Waals surface area contributed by atoms with Gasteiger partial charge in [-0.05, 0) is 46.4 Å². The minimum absolute atomic E-state index is 0.0282. The summed E-state index contributed by atoms with van der Waals surface area (Å²) in [5, 5.41) is 0.610. The van der Waals surface area contributed by atoms with Crippen LogP contribution in [0, 0.1) is 3.57 Å². The zero-order valence-corrected chi connectivity index (χ0v) is 13.7. The molecule has 110 valence electrons. The number of aromatic amines is 1. The van der Waals surface area contributed by atoms with E-state index in [0.717, 1.165) is 20.3 Å². The molecule has 1 aromatic heterocycles. The summed E-state index contributed by atoms with van der Waals surface area (Å²) >= 11 is 2.26. The summed E-state index contributed by atoms with van der Waals surface area (Å²) in [6.45, 7) is 1.04. The average molecular weight is 405 g/mol. The Bertz CT molecular complexity index is 933. The molecule has 0 fully saturated rings. The lowest BCUT2D eigenvalue weighted by atomic mass is 10.1. The Kier molecular flexibility index (Phi) is 3.29. The van der Waals surface area contributed by atoms with Gasteiger partial charge in [-0.15, -0.1) is 0 Å². The van der Waals surface area contributed by atoms with Crippen molar-refractivity contribution in [2.24, 2.45) is 0 Å². The molecule has 0 atom stereocenters. The number of ether oxygens (including phenoxy) is 2. The largest absolute Gasteiger partial charge is 0.486 e. The molecule has 0 unspecified atom stereocenters. The molecule has 2 heterocycles. The molecule has 4 nitrogen and oxygen atoms in total. The highest BCUT2D eigenvalue weighted by Crippen LogP contribution is 2.33. The van der Waals surface area contributed by atoms with Crippen molar-refractivity contribution < 1.29 is 9.47 Å². The number of benzene rings is 2. The number of aromatic nitrogens is 1. The molecular formula is C17H12INO3. The summed E-state index contributed by atoms with van der Waals surface area (Å²) in [4.78, 5) is 15.7. The number of H-pyrrole nitrogens is 1. The highest BCUT2D eigenvalue weighted by atomic mass is 127. The normalized spacial score (nSPS) is 13.3. The van der Waals surface area contributed by atoms with Gasteiger partial charge in [0, 0.05) is 26.8 Å². The Balaban J connectivity index is 1.94. The van der Waals surface area contributed by atoms with Crippen LogP contribution < -0.4 is 14.9 Å². The van der Waals surface area contributed by atoms with Crippen LogP contribution in [-0.2, 0) is 0 Å². The summed E-state index contributed by atoms with van der Waals surface area (Å²) < 4.78 is 12.2. The predicted molar refractivity (Wildman–Crippen MR) is 93.7 cm³/mol. The van der Waals surface area contributed by atoms with Crippen molar-refractivity contribution >= 4 is 33.5 Å². The van der Waals surface area contributed by atoms with Crippen LogP contribution in [0.4, 0.5) is 0 Å². The lowest BCUT2D eigenvalue weighted by Crippen LogP contribution is -2.16. The molecule has 0 spiro atoms. The number of pyridine rings is 1. The Hall–Kier alpha value is -2.02. The highest BCUT2D eigenvalue weighted by Gasteiger charge is 2.15. The second kappa shape index (κ2) is 5.31. The Morgan fingerprint density at radius 1 is 1.00 bits per heavy atom. The Morgan fingerprint density at radius 2 is 1.77 bits per heavy atom. The van der Waals surface area contributed by atoms with Gasteiger partial charge in [-0.25, -0.2) is 0 Å². The van der Waals surface area contributed by atoms with E-state index in [9.17, 15) is 4.79 Å². The molecule has 0 amide bonds. The molecule has 0 saturated carbocycles. The maximum atomic E-state index is 12.4. The molecule has 1 aliphatic rings. The van der Waals surface area contributed by atoms with Crippen molar-refractivity contribution in [1.82, 2.24) is 4.98 Å². The first kappa shape index (κ1) is 13.6. The maximum Gasteiger partial charge on any atom is 0.190 e. The molecular weight excluding hydrogens is 393 g/mol. The van der Waals surface area contributed by atoms with Gasteiger partial charge in [0.15, 0.2) is 16.9 Å². The molecule has 0 bridgehead atoms. The molecule has 1 N–H and O–H groups in total. The Labute approximate surface area is 140 Å². The number of fused-ring (bicyclic) bond motifs is 2. The van der Waals surface area contributed by atoms with Gasteiger partial charge in [0.1, 0.15) is 13.2 Å². The zero-order valence-electron chi connectivity index (χ0n) is 11.6. The molecule has 22 heavy (non-hydrogen) atoms. The van der Waals surface area contributed by atoms with Crippen LogP contribution in [0.25, 0.3) is 22.2 Å². The van der Waals surface area contributed by atoms with Gasteiger partial charge in [0.05, 0.1) is 5.52 Å². The second-order valence-corrected chi connectivity index (χ2v) is 6.34. The van der Waals surface area contributed by atoms with Gasteiger partial charge in [-0.3, -0.25) is 4.79 Å². The third-order valence-electron chi connectivity index (χ3n) is 3.63. The summed E-state index contributed by atoms with van der Waals surface area (Å²) in [6, 6.07) is 13.2. The quantitative estimate of drug-likeness (QED) is 0.630. The van der Waals surface area contributed by atoms with Gasteiger partial charge in [0.25, 0.3) is 0 Å². The first-order valence-electron chi connectivity index (χ1n) is 6.93. The second-order valence-electron chi connectivity index (χ2n) is 5.10. The standard InChI is InChI=1S/C17H12INO3/c18-11-3-1-2-10(6-11)13-8-15(20)12-7-16-17(9-14(12)19-13)22-5-4-21-16/h1-3,6-9H,4-5H2,(H,19,20). The number of nitrogens with one attached hydrogen (secondary N) is 1. The number of hydrogen-bond acceptors (Lipinski definition) is 3. The monoisotopic (exact) mass is 405 g/mol. The van der Waals surface area contributed by atoms with E-state index in [1.54, 1.807) is 12.1 Å². The molecule has 5 heteroatoms. The van der Waals surface area contributed by atoms with Gasteiger partial charge >= 0.3 is 0 Å². The fourth-order valence-corrected chi connectivity index (χ4v) is 3.14. The van der Waals surface area contributed by atoms with Crippen molar-refractivity contribution in [3.8, 4) is 22.8 Å². The van der Waals surface area contributed by atoms with Crippen LogP contribution >= 0.6 is 22.6 Å². The van der Waals surface area contributed by atoms with E-state index in [-0.39, 0.29) is 5.43 Å². The van der Waals surface area contributed by atoms with Crippen LogP contribution in [0.5, 0.6) is 11.5 Å². The number of halogens is 1. The minimum atomic E-state index is -0.0282. The van der Waals surface area contributed by atoms with Crippen molar-refractivity contribution in [2.75, 3.05) is 13.2 Å². The van der Waals surface area contributed by atoms with Crippen LogP contribution in [0.15, 0.2) is 47.3 Å². The fourth-order valence-electron chi connectivity index (χ4n) is 2.60. The van der Waals surface area contributed by atoms with Crippen LogP contribution in [0.3, 0.4) is 0 Å². The average Bonchev–Trinajstić information content (AvgIpc) is 2.53. The molecule has 1 aliphatic heterocycles. The van der Waals surface area contributed by atoms with E-state index in [4.69, 9.17) is 9.47 Å². The molecule has 3 aromatic rings. The summed E-state index contributed by atoms with van der Waals surface area (Å²) in [6.07, 6.45) is 0. The van der Waals surface area contributed by atoms with Crippen LogP contribution in [0.1, 0.15) is 0 Å². The van der Waals surface area contributed by atoms with Gasteiger partial charge in [0.2, 0.25) is 0 Å². The fraction of sp³-hybridized carbons (Fsp3) is 0.118. The number of rotatable bonds is 1. The maximum absolute atomic E-state index is 12.4. The predicted octanol–water partition coefficient (Wildman–Crippen LogP) is 3.57. The smallest absolute Gasteiger partial charge is 0.190 e. The van der Waals surface area contributed by atoms with Gasteiger partial charge in [-0.2, -0.15) is 0 Å². The zero-order chi connectivity index (χ0) is 15.1. The first-order chi connectivity index (χ1) is 10.7. The van der Waals surface area contributed by atoms with E-state index < -0.39 is 0 Å². The summed E-state index contributed by atoms with van der Waals surface area (Å²) in [5.41, 5.74) is 2.51. The lowest BCUT2D eigenvalue weighted by Gasteiger charge is -2.18. The van der Waals surface area contributed by atoms with E-state index in [0.29, 0.717) is 30.1 Å². The van der Waals surface area contributed by atoms with Gasteiger partial charge < -0.3 is 14.5 Å². The third kappa shape index (κ3) is 2.35. The summed E-state index contributed by atoms with van der Waals surface area (Å²) in [7, 11) is 0. The van der Waals surface area contributed by atoms with Crippen molar-refractivity contribution in [1.29, 1.82) is 0 Å². The molecule has 0 saturated heterocycles. The van der Waals surface area contributed by atoms with Crippen LogP contribution in [-0.4, -0.2) is 18.2 Å². The van der Waals surface area contributed by atoms with Gasteiger partial charge in [-0.1, -0.05) is 12.1 Å². The third-order valence-corrected chi connectivity index (χ3v) is 4.30. The summed E-state index contributed by atoms with van der Waals surface area (Å²) in [5.74, 6) is 1.31. The molecule has 0 radical (unpaired) electrons. The molecule has 4 rings (SSSR count). The van der Waals surface area contributed by atoms with E-state index in [1.165, 1.54) is 0 Å². The number of hydrogen-bond donors (Lipinski definition) is 1. The first-order valence-corrected chi connectivity index (χ1v) is 8.01. The molecule has 2 aromatic carbocycles. The van der Waals surface area contributed by atoms with Crippen LogP contribution in [0.2, 0.25) is 0 Å². The topological polar surface area (TPSA) is 51.3 Å². The van der Waals surface area contributed by atoms with E-state index in [1.807, 2.05) is 30.3 Å². The van der Waals surface area contributed by atoms with E-state index >= 15 is 0 Å². The molecule has 0 aliphatic carbocycles. The SMILES string of the molecule is O=c1cc(-c2cccc(I)c2)[nH]c2cc3c(cc12)OCCO3. The minimum Gasteiger partial charge on any atom is -0.486 e. The lowest BCUT2D eigenvalue weighted by molar-refractivity contribution is 0.172. The van der Waals surface area contributed by atoms with Crippen molar-refractivity contribution in [3.63, 3.8) is 0 Å². The highest BCUT2D eigenvalue weighted by molar-refractivity contribution is 14.1.